The Bertz CT molecular complexity index is 924. The number of ketones is 1. The van der Waals surface area contributed by atoms with Crippen LogP contribution in [0.2, 0.25) is 0 Å². The normalized spacial score (nSPS) is 20.0. The van der Waals surface area contributed by atoms with Crippen LogP contribution in [0.4, 0.5) is 5.69 Å². The number of fused-ring (bicyclic) bond motifs is 3. The summed E-state index contributed by atoms with van der Waals surface area (Å²) < 4.78 is 16.1. The van der Waals surface area contributed by atoms with Gasteiger partial charge in [0.25, 0.3) is 5.91 Å². The Morgan fingerprint density at radius 1 is 0.920 bits per heavy atom. The zero-order chi connectivity index (χ0) is 17.8. The Morgan fingerprint density at radius 3 is 2.32 bits per heavy atom. The average Bonchev–Trinajstić information content (AvgIpc) is 3.08. The van der Waals surface area contributed by atoms with Crippen molar-refractivity contribution >= 4 is 17.4 Å². The second kappa shape index (κ2) is 5.14. The minimum absolute atomic E-state index is 0.268. The largest absolute Gasteiger partial charge is 0.493 e. The number of ether oxygens (including phenoxy) is 3. The lowest BCUT2D eigenvalue weighted by Crippen LogP contribution is -2.49. The van der Waals surface area contributed by atoms with E-state index in [0.29, 0.717) is 33.9 Å². The molecule has 2 aliphatic rings. The molecule has 2 aromatic rings. The number of rotatable bonds is 3. The highest BCUT2D eigenvalue weighted by Gasteiger charge is 2.55. The molecule has 2 heterocycles. The van der Waals surface area contributed by atoms with Gasteiger partial charge in [0.2, 0.25) is 17.2 Å². The van der Waals surface area contributed by atoms with Crippen molar-refractivity contribution in [3.05, 3.63) is 47.0 Å². The van der Waals surface area contributed by atoms with Crippen molar-refractivity contribution in [3.8, 4) is 17.2 Å². The number of carbonyl (C=O) groups excluding carboxylic acids is 2. The minimum Gasteiger partial charge on any atom is -0.493 e. The van der Waals surface area contributed by atoms with Crippen molar-refractivity contribution in [2.75, 3.05) is 26.6 Å². The molecule has 1 atom stereocenters. The molecule has 1 unspecified atom stereocenters. The Hall–Kier alpha value is -3.22. The van der Waals surface area contributed by atoms with E-state index in [4.69, 9.17) is 14.2 Å². The van der Waals surface area contributed by atoms with Crippen molar-refractivity contribution in [1.82, 2.24) is 5.32 Å². The molecular weight excluding hydrogens is 324 g/mol. The molecule has 25 heavy (non-hydrogen) atoms. The van der Waals surface area contributed by atoms with Gasteiger partial charge in [0.15, 0.2) is 11.5 Å². The molecule has 0 bridgehead atoms. The number of anilines is 1. The average molecular weight is 340 g/mol. The summed E-state index contributed by atoms with van der Waals surface area (Å²) in [7, 11) is 4.43. The standard InChI is InChI=1S/C18H16N2O5/c1-23-12-8-11-13(15(25-3)14(12)24-2)16(21)18(19-11)10-7-5-4-6-9(10)17(22)20-18/h4-8,19H,1-3H3,(H,20,22). The first-order valence-electron chi connectivity index (χ1n) is 7.65. The van der Waals surface area contributed by atoms with Gasteiger partial charge in [-0.3, -0.25) is 9.59 Å². The third-order valence-corrected chi connectivity index (χ3v) is 4.60. The molecule has 0 aliphatic carbocycles. The van der Waals surface area contributed by atoms with Gasteiger partial charge in [-0.05, 0) is 6.07 Å². The van der Waals surface area contributed by atoms with Gasteiger partial charge in [0.1, 0.15) is 0 Å². The fraction of sp³-hybridized carbons (Fsp3) is 0.222. The van der Waals surface area contributed by atoms with Crippen LogP contribution in [0.3, 0.4) is 0 Å². The molecular formula is C18H16N2O5. The smallest absolute Gasteiger partial charge is 0.254 e. The van der Waals surface area contributed by atoms with Gasteiger partial charge in [-0.2, -0.15) is 0 Å². The zero-order valence-electron chi connectivity index (χ0n) is 13.9. The molecule has 1 spiro atoms. The minimum atomic E-state index is -1.35. The first-order valence-corrected chi connectivity index (χ1v) is 7.65. The van der Waals surface area contributed by atoms with E-state index in [0.717, 1.165) is 0 Å². The summed E-state index contributed by atoms with van der Waals surface area (Å²) in [5.74, 6) is 0.409. The van der Waals surface area contributed by atoms with E-state index in [9.17, 15) is 9.59 Å². The molecule has 0 radical (unpaired) electrons. The monoisotopic (exact) mass is 340 g/mol. The van der Waals surface area contributed by atoms with E-state index in [-0.39, 0.29) is 17.4 Å². The summed E-state index contributed by atoms with van der Waals surface area (Å²) >= 11 is 0. The molecule has 128 valence electrons. The highest BCUT2D eigenvalue weighted by atomic mass is 16.5. The molecule has 2 N–H and O–H groups in total. The van der Waals surface area contributed by atoms with Gasteiger partial charge < -0.3 is 24.8 Å². The van der Waals surface area contributed by atoms with Crippen LogP contribution in [0.15, 0.2) is 30.3 Å². The third kappa shape index (κ3) is 1.80. The Balaban J connectivity index is 1.96. The first kappa shape index (κ1) is 15.3. The van der Waals surface area contributed by atoms with Crippen LogP contribution >= 0.6 is 0 Å². The molecule has 0 aromatic heterocycles. The molecule has 2 aliphatic heterocycles. The molecule has 0 saturated heterocycles. The number of Topliss-reactive ketones (excluding diaryl/α,β-unsaturated/α-hetero) is 1. The Morgan fingerprint density at radius 2 is 1.64 bits per heavy atom. The molecule has 0 fully saturated rings. The number of hydrogen-bond donors (Lipinski definition) is 2. The van der Waals surface area contributed by atoms with E-state index in [1.807, 2.05) is 0 Å². The predicted octanol–water partition coefficient (Wildman–Crippen LogP) is 1.92. The van der Waals surface area contributed by atoms with Gasteiger partial charge in [0, 0.05) is 17.2 Å². The summed E-state index contributed by atoms with van der Waals surface area (Å²) in [6, 6.07) is 8.66. The predicted molar refractivity (Wildman–Crippen MR) is 89.6 cm³/mol. The molecule has 4 rings (SSSR count). The second-order valence-corrected chi connectivity index (χ2v) is 5.77. The van der Waals surface area contributed by atoms with Crippen molar-refractivity contribution in [3.63, 3.8) is 0 Å². The maximum atomic E-state index is 13.3. The second-order valence-electron chi connectivity index (χ2n) is 5.77. The number of nitrogens with one attached hydrogen (secondary N) is 2. The van der Waals surface area contributed by atoms with Crippen molar-refractivity contribution in [2.24, 2.45) is 0 Å². The maximum absolute atomic E-state index is 13.3. The first-order chi connectivity index (χ1) is 12.1. The molecule has 7 heteroatoms. The van der Waals surface area contributed by atoms with Crippen molar-refractivity contribution < 1.29 is 23.8 Å². The summed E-state index contributed by atoms with van der Waals surface area (Å²) in [6.07, 6.45) is 0. The van der Waals surface area contributed by atoms with Gasteiger partial charge in [-0.15, -0.1) is 0 Å². The number of methoxy groups -OCH3 is 3. The van der Waals surface area contributed by atoms with E-state index in [2.05, 4.69) is 10.6 Å². The van der Waals surface area contributed by atoms with Crippen molar-refractivity contribution in [1.29, 1.82) is 0 Å². The quantitative estimate of drug-likeness (QED) is 0.888. The van der Waals surface area contributed by atoms with Crippen LogP contribution < -0.4 is 24.8 Å². The lowest BCUT2D eigenvalue weighted by atomic mass is 9.94. The zero-order valence-corrected chi connectivity index (χ0v) is 13.9. The van der Waals surface area contributed by atoms with E-state index in [1.54, 1.807) is 30.3 Å². The van der Waals surface area contributed by atoms with Crippen LogP contribution in [-0.2, 0) is 5.66 Å². The SMILES string of the molecule is COc1cc2c(c(OC)c1OC)C(=O)C1(NC(=O)c3ccccc31)N2. The van der Waals surface area contributed by atoms with E-state index in [1.165, 1.54) is 21.3 Å². The number of carbonyl (C=O) groups is 2. The number of hydrogen-bond acceptors (Lipinski definition) is 6. The van der Waals surface area contributed by atoms with Crippen LogP contribution in [0.1, 0.15) is 26.3 Å². The van der Waals surface area contributed by atoms with Crippen LogP contribution in [0.5, 0.6) is 17.2 Å². The van der Waals surface area contributed by atoms with Crippen LogP contribution in [0, 0.1) is 0 Å². The van der Waals surface area contributed by atoms with Crippen molar-refractivity contribution in [2.45, 2.75) is 5.66 Å². The lowest BCUT2D eigenvalue weighted by molar-refractivity contribution is 0.0830. The molecule has 1 amide bonds. The Labute approximate surface area is 143 Å². The maximum Gasteiger partial charge on any atom is 0.254 e. The lowest BCUT2D eigenvalue weighted by Gasteiger charge is -2.23. The van der Waals surface area contributed by atoms with Gasteiger partial charge in [0.05, 0.1) is 32.6 Å². The van der Waals surface area contributed by atoms with Crippen LogP contribution in [-0.4, -0.2) is 33.0 Å². The van der Waals surface area contributed by atoms with Crippen LogP contribution in [0.25, 0.3) is 0 Å². The van der Waals surface area contributed by atoms with Gasteiger partial charge in [-0.1, -0.05) is 18.2 Å². The summed E-state index contributed by atoms with van der Waals surface area (Å²) in [5, 5.41) is 5.93. The summed E-state index contributed by atoms with van der Waals surface area (Å²) in [5.41, 5.74) is 0.532. The number of benzene rings is 2. The molecule has 2 aromatic carbocycles. The summed E-state index contributed by atoms with van der Waals surface area (Å²) in [4.78, 5) is 25.7. The summed E-state index contributed by atoms with van der Waals surface area (Å²) in [6.45, 7) is 0. The molecule has 7 nitrogen and oxygen atoms in total. The molecule has 0 saturated carbocycles. The highest BCUT2D eigenvalue weighted by molar-refractivity contribution is 6.21. The van der Waals surface area contributed by atoms with E-state index >= 15 is 0 Å². The number of amides is 1. The van der Waals surface area contributed by atoms with Gasteiger partial charge in [-0.25, -0.2) is 0 Å². The Kier molecular flexibility index (Phi) is 3.15. The third-order valence-electron chi connectivity index (χ3n) is 4.60. The fourth-order valence-electron chi connectivity index (χ4n) is 3.52. The fourth-order valence-corrected chi connectivity index (χ4v) is 3.52. The van der Waals surface area contributed by atoms with E-state index < -0.39 is 5.66 Å². The topological polar surface area (TPSA) is 85.9 Å². The van der Waals surface area contributed by atoms with Gasteiger partial charge >= 0.3 is 0 Å². The highest BCUT2D eigenvalue weighted by Crippen LogP contribution is 2.51.